The van der Waals surface area contributed by atoms with Crippen molar-refractivity contribution in [2.75, 3.05) is 21.3 Å². The van der Waals surface area contributed by atoms with Crippen LogP contribution in [0.25, 0.3) is 10.9 Å². The molecule has 2 heterocycles. The molecule has 6 heteroatoms. The Morgan fingerprint density at radius 1 is 0.879 bits per heavy atom. The molecule has 3 aromatic carbocycles. The Morgan fingerprint density at radius 3 is 2.00 bits per heavy atom. The maximum Gasteiger partial charge on any atom is 0.323 e. The monoisotopic (exact) mass is 442 g/mol. The number of H-pyrrole nitrogens is 1. The van der Waals surface area contributed by atoms with Crippen LogP contribution in [0.3, 0.4) is 0 Å². The van der Waals surface area contributed by atoms with E-state index in [1.54, 1.807) is 14.2 Å². The highest BCUT2D eigenvalue weighted by Crippen LogP contribution is 2.45. The van der Waals surface area contributed by atoms with Gasteiger partial charge in [0, 0.05) is 29.1 Å². The lowest BCUT2D eigenvalue weighted by atomic mass is 9.74. The van der Waals surface area contributed by atoms with E-state index < -0.39 is 11.6 Å². The third-order valence-corrected chi connectivity index (χ3v) is 6.48. The molecule has 5 rings (SSSR count). The zero-order valence-corrected chi connectivity index (χ0v) is 18.8. The minimum atomic E-state index is -0.783. The van der Waals surface area contributed by atoms with Gasteiger partial charge in [-0.3, -0.25) is 10.1 Å². The molecule has 0 amide bonds. The van der Waals surface area contributed by atoms with Crippen molar-refractivity contribution in [3.63, 3.8) is 0 Å². The summed E-state index contributed by atoms with van der Waals surface area (Å²) in [5.41, 5.74) is 4.22. The molecule has 6 nitrogen and oxygen atoms in total. The number of ether oxygens (including phenoxy) is 3. The Kier molecular flexibility index (Phi) is 5.30. The molecule has 0 spiro atoms. The van der Waals surface area contributed by atoms with E-state index in [0.29, 0.717) is 17.9 Å². The van der Waals surface area contributed by atoms with Gasteiger partial charge in [0.05, 0.1) is 21.3 Å². The molecule has 0 aliphatic carbocycles. The van der Waals surface area contributed by atoms with Crippen molar-refractivity contribution in [2.24, 2.45) is 0 Å². The predicted octanol–water partition coefficient (Wildman–Crippen LogP) is 4.16. The van der Waals surface area contributed by atoms with Gasteiger partial charge in [-0.2, -0.15) is 0 Å². The molecule has 0 saturated heterocycles. The fourth-order valence-electron chi connectivity index (χ4n) is 4.98. The number of hydrogen-bond acceptors (Lipinski definition) is 5. The van der Waals surface area contributed by atoms with E-state index in [4.69, 9.17) is 14.2 Å². The standard InChI is InChI=1S/C27H26N2O4/c1-31-23-15-19-20-14-22(26(30)33-3)29-27(17-10-6-4-7-11-17,18-12-8-5-9-13-18)25(20)28-21(19)16-24(23)32-2/h4-13,15-16,22,28-29H,14H2,1-3H3. The molecule has 1 atom stereocenters. The quantitative estimate of drug-likeness (QED) is 0.454. The molecule has 0 bridgehead atoms. The molecule has 1 aliphatic rings. The number of hydrogen-bond donors (Lipinski definition) is 2. The predicted molar refractivity (Wildman–Crippen MR) is 127 cm³/mol. The first kappa shape index (κ1) is 21.1. The number of fused-ring (bicyclic) bond motifs is 3. The third kappa shape index (κ3) is 3.26. The van der Waals surface area contributed by atoms with E-state index in [0.717, 1.165) is 33.3 Å². The van der Waals surface area contributed by atoms with Crippen LogP contribution in [0.5, 0.6) is 11.5 Å². The van der Waals surface area contributed by atoms with Crippen LogP contribution in [0, 0.1) is 0 Å². The van der Waals surface area contributed by atoms with Crippen molar-refractivity contribution >= 4 is 16.9 Å². The van der Waals surface area contributed by atoms with Gasteiger partial charge in [-0.15, -0.1) is 0 Å². The number of aromatic amines is 1. The highest BCUT2D eigenvalue weighted by atomic mass is 16.5. The molecule has 0 radical (unpaired) electrons. The summed E-state index contributed by atoms with van der Waals surface area (Å²) in [7, 11) is 4.68. The maximum atomic E-state index is 12.9. The maximum absolute atomic E-state index is 12.9. The fourth-order valence-corrected chi connectivity index (χ4v) is 4.98. The number of nitrogens with one attached hydrogen (secondary N) is 2. The van der Waals surface area contributed by atoms with E-state index in [-0.39, 0.29) is 5.97 Å². The van der Waals surface area contributed by atoms with E-state index in [2.05, 4.69) is 34.6 Å². The number of esters is 1. The molecule has 1 aromatic heterocycles. The Bertz CT molecular complexity index is 1260. The molecule has 0 saturated carbocycles. The summed E-state index contributed by atoms with van der Waals surface area (Å²) in [6.07, 6.45) is 0.485. The summed E-state index contributed by atoms with van der Waals surface area (Å²) in [5.74, 6) is 0.989. The van der Waals surface area contributed by atoms with E-state index in [1.807, 2.05) is 48.5 Å². The molecule has 4 aromatic rings. The second kappa shape index (κ2) is 8.30. The van der Waals surface area contributed by atoms with Crippen molar-refractivity contribution < 1.29 is 19.0 Å². The van der Waals surface area contributed by atoms with Crippen LogP contribution < -0.4 is 14.8 Å². The highest BCUT2D eigenvalue weighted by Gasteiger charge is 2.47. The Morgan fingerprint density at radius 2 is 1.45 bits per heavy atom. The topological polar surface area (TPSA) is 72.6 Å². The van der Waals surface area contributed by atoms with E-state index >= 15 is 0 Å². The molecule has 0 fully saturated rings. The molecule has 168 valence electrons. The van der Waals surface area contributed by atoms with E-state index in [9.17, 15) is 4.79 Å². The van der Waals surface area contributed by atoms with Crippen LogP contribution in [-0.4, -0.2) is 38.3 Å². The van der Waals surface area contributed by atoms with Crippen molar-refractivity contribution in [3.8, 4) is 11.5 Å². The first-order valence-electron chi connectivity index (χ1n) is 10.9. The van der Waals surface area contributed by atoms with Crippen LogP contribution in [-0.2, 0) is 21.5 Å². The van der Waals surface area contributed by atoms with Crippen LogP contribution in [0.15, 0.2) is 72.8 Å². The fraction of sp³-hybridized carbons (Fsp3) is 0.222. The summed E-state index contributed by atoms with van der Waals surface area (Å²) < 4.78 is 16.3. The van der Waals surface area contributed by atoms with Crippen LogP contribution in [0.1, 0.15) is 22.4 Å². The smallest absolute Gasteiger partial charge is 0.323 e. The molecule has 1 unspecified atom stereocenters. The van der Waals surface area contributed by atoms with Gasteiger partial charge in [-0.1, -0.05) is 60.7 Å². The average Bonchev–Trinajstić information content (AvgIpc) is 3.25. The van der Waals surface area contributed by atoms with Gasteiger partial charge >= 0.3 is 5.97 Å². The van der Waals surface area contributed by atoms with Gasteiger partial charge < -0.3 is 19.2 Å². The first-order chi connectivity index (χ1) is 16.1. The van der Waals surface area contributed by atoms with Gasteiger partial charge in [-0.05, 0) is 22.8 Å². The summed E-state index contributed by atoms with van der Waals surface area (Å²) in [5, 5.41) is 4.65. The third-order valence-electron chi connectivity index (χ3n) is 6.48. The molecule has 2 N–H and O–H groups in total. The normalized spacial score (nSPS) is 16.8. The van der Waals surface area contributed by atoms with Gasteiger partial charge in [-0.25, -0.2) is 0 Å². The molecular formula is C27H26N2O4. The van der Waals surface area contributed by atoms with Crippen molar-refractivity contribution in [2.45, 2.75) is 18.0 Å². The second-order valence-electron chi connectivity index (χ2n) is 8.14. The molecule has 1 aliphatic heterocycles. The second-order valence-corrected chi connectivity index (χ2v) is 8.14. The minimum Gasteiger partial charge on any atom is -0.493 e. The molecule has 33 heavy (non-hydrogen) atoms. The summed E-state index contributed by atoms with van der Waals surface area (Å²) >= 11 is 0. The summed E-state index contributed by atoms with van der Waals surface area (Å²) in [6.45, 7) is 0. The van der Waals surface area contributed by atoms with Gasteiger partial charge in [0.1, 0.15) is 11.6 Å². The Balaban J connectivity index is 1.87. The number of carbonyl (C=O) groups is 1. The van der Waals surface area contributed by atoms with Crippen LogP contribution >= 0.6 is 0 Å². The van der Waals surface area contributed by atoms with Crippen molar-refractivity contribution in [3.05, 3.63) is 95.2 Å². The van der Waals surface area contributed by atoms with Crippen molar-refractivity contribution in [1.29, 1.82) is 0 Å². The Labute approximate surface area is 192 Å². The Hall–Kier alpha value is -3.77. The van der Waals surface area contributed by atoms with E-state index in [1.165, 1.54) is 7.11 Å². The largest absolute Gasteiger partial charge is 0.493 e. The number of carbonyl (C=O) groups excluding carboxylic acids is 1. The van der Waals surface area contributed by atoms with Crippen LogP contribution in [0.2, 0.25) is 0 Å². The minimum absolute atomic E-state index is 0.299. The van der Waals surface area contributed by atoms with Gasteiger partial charge in [0.15, 0.2) is 11.5 Å². The zero-order valence-electron chi connectivity index (χ0n) is 18.8. The number of rotatable bonds is 5. The number of methoxy groups -OCH3 is 3. The number of benzene rings is 3. The summed E-state index contributed by atoms with van der Waals surface area (Å²) in [6, 6.07) is 23.7. The summed E-state index contributed by atoms with van der Waals surface area (Å²) in [4.78, 5) is 16.5. The van der Waals surface area contributed by atoms with Gasteiger partial charge in [0.25, 0.3) is 0 Å². The van der Waals surface area contributed by atoms with Gasteiger partial charge in [0.2, 0.25) is 0 Å². The SMILES string of the molecule is COC(=O)C1Cc2c([nH]c3cc(OC)c(OC)cc23)C(c2ccccc2)(c2ccccc2)N1. The first-order valence-corrected chi connectivity index (χ1v) is 10.9. The van der Waals surface area contributed by atoms with Crippen LogP contribution in [0.4, 0.5) is 0 Å². The lowest BCUT2D eigenvalue weighted by molar-refractivity contribution is -0.143. The molecular weight excluding hydrogens is 416 g/mol. The lowest BCUT2D eigenvalue weighted by Crippen LogP contribution is -2.57. The highest BCUT2D eigenvalue weighted by molar-refractivity contribution is 5.91. The van der Waals surface area contributed by atoms with Crippen molar-refractivity contribution in [1.82, 2.24) is 10.3 Å². The lowest BCUT2D eigenvalue weighted by Gasteiger charge is -2.42. The number of aromatic nitrogens is 1. The average molecular weight is 443 g/mol. The zero-order chi connectivity index (χ0) is 23.0.